The van der Waals surface area contributed by atoms with Gasteiger partial charge < -0.3 is 15.2 Å². The van der Waals surface area contributed by atoms with Crippen LogP contribution in [0.3, 0.4) is 0 Å². The van der Waals surface area contributed by atoms with Crippen LogP contribution in [0.5, 0.6) is 17.2 Å². The quantitative estimate of drug-likeness (QED) is 0.718. The minimum absolute atomic E-state index is 0.0244. The highest BCUT2D eigenvalue weighted by molar-refractivity contribution is 5.55. The van der Waals surface area contributed by atoms with E-state index in [0.29, 0.717) is 6.54 Å². The van der Waals surface area contributed by atoms with Gasteiger partial charge in [-0.15, -0.1) is 0 Å². The highest BCUT2D eigenvalue weighted by Crippen LogP contribution is 2.24. The van der Waals surface area contributed by atoms with E-state index in [4.69, 9.17) is 10.00 Å². The highest BCUT2D eigenvalue weighted by Gasteiger charge is 2.03. The Hall–Kier alpha value is -3.45. The van der Waals surface area contributed by atoms with E-state index in [2.05, 4.69) is 5.32 Å². The summed E-state index contributed by atoms with van der Waals surface area (Å²) in [6.45, 7) is 0.581. The fourth-order valence-electron chi connectivity index (χ4n) is 2.28. The van der Waals surface area contributed by atoms with E-state index >= 15 is 0 Å². The molecule has 3 aromatic carbocycles. The van der Waals surface area contributed by atoms with Gasteiger partial charge in [-0.25, -0.2) is 0 Å². The number of para-hydroxylation sites is 1. The number of aromatic hydroxyl groups is 1. The van der Waals surface area contributed by atoms with Crippen molar-refractivity contribution in [1.82, 2.24) is 0 Å². The van der Waals surface area contributed by atoms with Crippen molar-refractivity contribution < 1.29 is 9.84 Å². The van der Waals surface area contributed by atoms with E-state index in [0.717, 1.165) is 22.7 Å². The molecular weight excluding hydrogens is 300 g/mol. The maximum absolute atomic E-state index is 9.71. The molecule has 24 heavy (non-hydrogen) atoms. The van der Waals surface area contributed by atoms with E-state index in [1.54, 1.807) is 18.2 Å². The lowest BCUT2D eigenvalue weighted by Crippen LogP contribution is -1.99. The Morgan fingerprint density at radius 3 is 2.46 bits per heavy atom. The Morgan fingerprint density at radius 1 is 0.917 bits per heavy atom. The largest absolute Gasteiger partial charge is 0.506 e. The van der Waals surface area contributed by atoms with Gasteiger partial charge in [0.2, 0.25) is 0 Å². The van der Waals surface area contributed by atoms with Crippen LogP contribution in [0.1, 0.15) is 11.1 Å². The van der Waals surface area contributed by atoms with E-state index in [9.17, 15) is 5.11 Å². The number of benzene rings is 3. The van der Waals surface area contributed by atoms with Crippen molar-refractivity contribution in [1.29, 1.82) is 5.26 Å². The second-order valence-corrected chi connectivity index (χ2v) is 5.26. The summed E-state index contributed by atoms with van der Waals surface area (Å²) >= 11 is 0. The monoisotopic (exact) mass is 316 g/mol. The Morgan fingerprint density at radius 2 is 1.71 bits per heavy atom. The zero-order chi connectivity index (χ0) is 16.8. The molecule has 0 aliphatic heterocycles. The zero-order valence-electron chi connectivity index (χ0n) is 12.9. The van der Waals surface area contributed by atoms with Gasteiger partial charge in [-0.05, 0) is 42.0 Å². The lowest BCUT2D eigenvalue weighted by Gasteiger charge is -2.10. The van der Waals surface area contributed by atoms with E-state index in [1.165, 1.54) is 0 Å². The van der Waals surface area contributed by atoms with Gasteiger partial charge in [0.15, 0.2) is 0 Å². The van der Waals surface area contributed by atoms with E-state index < -0.39 is 0 Å². The summed E-state index contributed by atoms with van der Waals surface area (Å²) in [7, 11) is 0. The van der Waals surface area contributed by atoms with E-state index in [1.807, 2.05) is 60.7 Å². The average Bonchev–Trinajstić information content (AvgIpc) is 2.61. The Balaban J connectivity index is 1.67. The van der Waals surface area contributed by atoms with Crippen molar-refractivity contribution >= 4 is 5.69 Å². The van der Waals surface area contributed by atoms with Crippen LogP contribution < -0.4 is 10.1 Å². The van der Waals surface area contributed by atoms with Crippen LogP contribution in [0.15, 0.2) is 72.8 Å². The second kappa shape index (κ2) is 7.21. The molecule has 3 rings (SSSR count). The minimum Gasteiger partial charge on any atom is -0.506 e. The van der Waals surface area contributed by atoms with Crippen molar-refractivity contribution in [2.24, 2.45) is 0 Å². The molecule has 0 aliphatic rings. The minimum atomic E-state index is -0.0244. The highest BCUT2D eigenvalue weighted by atomic mass is 16.5. The van der Waals surface area contributed by atoms with Gasteiger partial charge >= 0.3 is 0 Å². The summed E-state index contributed by atoms with van der Waals surface area (Å²) in [5, 5.41) is 21.8. The molecule has 0 aliphatic carbocycles. The van der Waals surface area contributed by atoms with Crippen molar-refractivity contribution in [3.63, 3.8) is 0 Å². The number of ether oxygens (including phenoxy) is 1. The number of anilines is 1. The third-order valence-electron chi connectivity index (χ3n) is 3.49. The summed E-state index contributed by atoms with van der Waals surface area (Å²) in [5.74, 6) is 1.53. The maximum Gasteiger partial charge on any atom is 0.135 e. The first-order valence-corrected chi connectivity index (χ1v) is 7.53. The van der Waals surface area contributed by atoms with Gasteiger partial charge in [0, 0.05) is 18.3 Å². The molecule has 0 heterocycles. The topological polar surface area (TPSA) is 65.3 Å². The summed E-state index contributed by atoms with van der Waals surface area (Å²) in [5.41, 5.74) is 2.06. The lowest BCUT2D eigenvalue weighted by molar-refractivity contribution is 0.474. The number of hydrogen-bond donors (Lipinski definition) is 2. The molecule has 4 nitrogen and oxygen atoms in total. The van der Waals surface area contributed by atoms with Crippen LogP contribution in [0.4, 0.5) is 5.69 Å². The molecule has 0 atom stereocenters. The second-order valence-electron chi connectivity index (χ2n) is 5.26. The van der Waals surface area contributed by atoms with Crippen LogP contribution in [0, 0.1) is 11.3 Å². The SMILES string of the molecule is N#Cc1ccc(NCc2cccc(Oc3ccccc3)c2)cc1O. The molecule has 0 unspecified atom stereocenters. The number of rotatable bonds is 5. The molecule has 0 spiro atoms. The Bertz CT molecular complexity index is 870. The van der Waals surface area contributed by atoms with Crippen molar-refractivity contribution in [2.75, 3.05) is 5.32 Å². The van der Waals surface area contributed by atoms with Gasteiger partial charge in [-0.2, -0.15) is 5.26 Å². The fraction of sp³-hybridized carbons (Fsp3) is 0.0500. The maximum atomic E-state index is 9.71. The lowest BCUT2D eigenvalue weighted by atomic mass is 10.1. The van der Waals surface area contributed by atoms with Gasteiger partial charge in [0.05, 0.1) is 5.56 Å². The smallest absolute Gasteiger partial charge is 0.135 e. The molecule has 2 N–H and O–H groups in total. The molecule has 0 saturated heterocycles. The predicted octanol–water partition coefficient (Wildman–Crippen LogP) is 4.67. The summed E-state index contributed by atoms with van der Waals surface area (Å²) in [4.78, 5) is 0. The van der Waals surface area contributed by atoms with E-state index in [-0.39, 0.29) is 11.3 Å². The molecule has 0 aromatic heterocycles. The first kappa shape index (κ1) is 15.4. The van der Waals surface area contributed by atoms with Crippen LogP contribution in [0.25, 0.3) is 0 Å². The van der Waals surface area contributed by atoms with Crippen LogP contribution >= 0.6 is 0 Å². The number of phenolic OH excluding ortho intramolecular Hbond substituents is 1. The van der Waals surface area contributed by atoms with Crippen molar-refractivity contribution in [2.45, 2.75) is 6.54 Å². The van der Waals surface area contributed by atoms with Crippen molar-refractivity contribution in [3.05, 3.63) is 83.9 Å². The molecule has 0 fully saturated rings. The zero-order valence-corrected chi connectivity index (χ0v) is 12.9. The first-order chi connectivity index (χ1) is 11.7. The molecule has 4 heteroatoms. The van der Waals surface area contributed by atoms with Crippen molar-refractivity contribution in [3.8, 4) is 23.3 Å². The van der Waals surface area contributed by atoms with Crippen LogP contribution in [-0.4, -0.2) is 5.11 Å². The van der Waals surface area contributed by atoms with Gasteiger partial charge in [-0.3, -0.25) is 0 Å². The normalized spacial score (nSPS) is 9.96. The summed E-state index contributed by atoms with van der Waals surface area (Å²) in [6, 6.07) is 24.2. The molecular formula is C20H16N2O2. The Labute approximate surface area is 140 Å². The third kappa shape index (κ3) is 3.84. The molecule has 0 radical (unpaired) electrons. The molecule has 3 aromatic rings. The number of nitriles is 1. The fourth-order valence-corrected chi connectivity index (χ4v) is 2.28. The van der Waals surface area contributed by atoms with Gasteiger partial charge in [-0.1, -0.05) is 30.3 Å². The average molecular weight is 316 g/mol. The Kier molecular flexibility index (Phi) is 4.64. The molecule has 118 valence electrons. The third-order valence-corrected chi connectivity index (χ3v) is 3.49. The predicted molar refractivity (Wildman–Crippen MR) is 93.1 cm³/mol. The summed E-state index contributed by atoms with van der Waals surface area (Å²) in [6.07, 6.45) is 0. The number of hydrogen-bond acceptors (Lipinski definition) is 4. The van der Waals surface area contributed by atoms with Gasteiger partial charge in [0.1, 0.15) is 23.3 Å². The molecule has 0 saturated carbocycles. The van der Waals surface area contributed by atoms with Crippen LogP contribution in [0.2, 0.25) is 0 Å². The van der Waals surface area contributed by atoms with Gasteiger partial charge in [0.25, 0.3) is 0 Å². The molecule has 0 amide bonds. The summed E-state index contributed by atoms with van der Waals surface area (Å²) < 4.78 is 5.82. The number of phenols is 1. The molecule has 0 bridgehead atoms. The first-order valence-electron chi connectivity index (χ1n) is 7.53. The standard InChI is InChI=1S/C20H16N2O2/c21-13-16-9-10-17(12-20(16)23)22-14-15-5-4-8-19(11-15)24-18-6-2-1-3-7-18/h1-12,22-23H,14H2. The number of nitrogens with zero attached hydrogens (tertiary/aromatic N) is 1. The van der Waals surface area contributed by atoms with Crippen LogP contribution in [-0.2, 0) is 6.54 Å². The number of nitrogens with one attached hydrogen (secondary N) is 1.